The predicted octanol–water partition coefficient (Wildman–Crippen LogP) is 1.90. The average Bonchev–Trinajstić information content (AvgIpc) is 3.09. The molecule has 0 radical (unpaired) electrons. The summed E-state index contributed by atoms with van der Waals surface area (Å²) < 4.78 is 1.44. The molecular weight excluding hydrogens is 278 g/mol. The Morgan fingerprint density at radius 2 is 2.18 bits per heavy atom. The van der Waals surface area contributed by atoms with Crippen LogP contribution in [0.1, 0.15) is 15.9 Å². The molecule has 6 heteroatoms. The van der Waals surface area contributed by atoms with E-state index in [0.717, 1.165) is 0 Å². The summed E-state index contributed by atoms with van der Waals surface area (Å²) in [6, 6.07) is 10.4. The Balaban J connectivity index is 1.91. The topological polar surface area (TPSA) is 72.7 Å². The van der Waals surface area contributed by atoms with Gasteiger partial charge in [0.1, 0.15) is 12.7 Å². The van der Waals surface area contributed by atoms with E-state index in [9.17, 15) is 4.79 Å². The minimum Gasteiger partial charge on any atom is -0.322 e. The maximum Gasteiger partial charge on any atom is 0.259 e. The highest BCUT2D eigenvalue weighted by Gasteiger charge is 2.14. The third-order valence-corrected chi connectivity index (χ3v) is 2.95. The van der Waals surface area contributed by atoms with Gasteiger partial charge >= 0.3 is 0 Å². The van der Waals surface area contributed by atoms with Gasteiger partial charge in [-0.25, -0.2) is 14.6 Å². The molecule has 3 rings (SSSR count). The maximum atomic E-state index is 12.5. The molecule has 0 aliphatic rings. The lowest BCUT2D eigenvalue weighted by molar-refractivity contribution is 0.102. The van der Waals surface area contributed by atoms with Crippen molar-refractivity contribution in [3.8, 4) is 18.2 Å². The van der Waals surface area contributed by atoms with Crippen molar-refractivity contribution in [2.75, 3.05) is 5.32 Å². The van der Waals surface area contributed by atoms with Gasteiger partial charge in [0, 0.05) is 17.4 Å². The van der Waals surface area contributed by atoms with Gasteiger partial charge in [-0.1, -0.05) is 12.0 Å². The lowest BCUT2D eigenvalue weighted by Gasteiger charge is -2.09. The summed E-state index contributed by atoms with van der Waals surface area (Å²) >= 11 is 0. The molecule has 0 atom stereocenters. The number of hydrogen-bond donors (Lipinski definition) is 1. The van der Waals surface area contributed by atoms with Crippen LogP contribution in [-0.2, 0) is 0 Å². The summed E-state index contributed by atoms with van der Waals surface area (Å²) in [5.41, 5.74) is 1.70. The molecule has 22 heavy (non-hydrogen) atoms. The first-order valence-corrected chi connectivity index (χ1v) is 6.46. The number of rotatable bonds is 3. The number of carbonyl (C=O) groups excluding carboxylic acids is 1. The van der Waals surface area contributed by atoms with Gasteiger partial charge < -0.3 is 5.32 Å². The monoisotopic (exact) mass is 289 g/mol. The van der Waals surface area contributed by atoms with Gasteiger partial charge in [0.2, 0.25) is 0 Å². The van der Waals surface area contributed by atoms with Crippen LogP contribution >= 0.6 is 0 Å². The molecule has 0 saturated carbocycles. The van der Waals surface area contributed by atoms with Crippen molar-refractivity contribution in [3.63, 3.8) is 0 Å². The van der Waals surface area contributed by atoms with Crippen molar-refractivity contribution in [1.82, 2.24) is 19.7 Å². The summed E-state index contributed by atoms with van der Waals surface area (Å²) in [7, 11) is 0. The van der Waals surface area contributed by atoms with Crippen LogP contribution in [0.2, 0.25) is 0 Å². The number of nitrogens with one attached hydrogen (secondary N) is 1. The first-order valence-electron chi connectivity index (χ1n) is 6.46. The summed E-state index contributed by atoms with van der Waals surface area (Å²) in [6.07, 6.45) is 9.81. The molecule has 2 heterocycles. The maximum absolute atomic E-state index is 12.5. The molecule has 1 aromatic carbocycles. The Hall–Kier alpha value is -3.46. The number of nitrogens with zero attached hydrogens (tertiary/aromatic N) is 4. The van der Waals surface area contributed by atoms with Crippen LogP contribution < -0.4 is 5.32 Å². The van der Waals surface area contributed by atoms with Gasteiger partial charge in [-0.3, -0.25) is 4.79 Å². The number of pyridine rings is 1. The zero-order valence-electron chi connectivity index (χ0n) is 11.5. The molecule has 1 amide bonds. The Kier molecular flexibility index (Phi) is 3.62. The lowest BCUT2D eigenvalue weighted by atomic mass is 10.2. The molecule has 0 aliphatic heterocycles. The van der Waals surface area contributed by atoms with Gasteiger partial charge in [-0.2, -0.15) is 5.10 Å². The highest BCUT2D eigenvalue weighted by atomic mass is 16.1. The molecule has 1 N–H and O–H groups in total. The molecule has 106 valence electrons. The SMILES string of the molecule is C#Cc1cccc(NC(=O)c2cccnc2-n2cncn2)c1. The number of aromatic nitrogens is 4. The fourth-order valence-electron chi connectivity index (χ4n) is 1.96. The van der Waals surface area contributed by atoms with E-state index in [1.54, 1.807) is 42.6 Å². The van der Waals surface area contributed by atoms with Crippen LogP contribution in [-0.4, -0.2) is 25.7 Å². The van der Waals surface area contributed by atoms with Crippen LogP contribution in [0.15, 0.2) is 55.2 Å². The van der Waals surface area contributed by atoms with Gasteiger partial charge in [0.15, 0.2) is 5.82 Å². The van der Waals surface area contributed by atoms with E-state index >= 15 is 0 Å². The van der Waals surface area contributed by atoms with Crippen LogP contribution in [0.3, 0.4) is 0 Å². The van der Waals surface area contributed by atoms with Crippen LogP contribution in [0.4, 0.5) is 5.69 Å². The molecule has 6 nitrogen and oxygen atoms in total. The molecule has 3 aromatic rings. The third kappa shape index (κ3) is 2.69. The zero-order chi connectivity index (χ0) is 15.4. The van der Waals surface area contributed by atoms with Crippen molar-refractivity contribution in [2.45, 2.75) is 0 Å². The molecular formula is C16H11N5O. The van der Waals surface area contributed by atoms with Gasteiger partial charge in [0.25, 0.3) is 5.91 Å². The van der Waals surface area contributed by atoms with E-state index in [1.807, 2.05) is 0 Å². The van der Waals surface area contributed by atoms with Gasteiger partial charge in [0.05, 0.1) is 5.56 Å². The predicted molar refractivity (Wildman–Crippen MR) is 81.5 cm³/mol. The molecule has 0 fully saturated rings. The number of terminal acetylenes is 1. The average molecular weight is 289 g/mol. The number of benzene rings is 1. The van der Waals surface area contributed by atoms with Crippen LogP contribution in [0, 0.1) is 12.3 Å². The summed E-state index contributed by atoms with van der Waals surface area (Å²) in [5, 5.41) is 6.80. The van der Waals surface area contributed by atoms with E-state index in [1.165, 1.54) is 17.3 Å². The smallest absolute Gasteiger partial charge is 0.259 e. The van der Waals surface area contributed by atoms with Gasteiger partial charge in [-0.05, 0) is 30.3 Å². The van der Waals surface area contributed by atoms with Crippen LogP contribution in [0.25, 0.3) is 5.82 Å². The standard InChI is InChI=1S/C16H11N5O/c1-2-12-5-3-6-13(9-12)20-16(22)14-7-4-8-18-15(14)21-11-17-10-19-21/h1,3-11H,(H,20,22). The van der Waals surface area contributed by atoms with Gasteiger partial charge in [-0.15, -0.1) is 6.42 Å². The van der Waals surface area contributed by atoms with E-state index < -0.39 is 0 Å². The largest absolute Gasteiger partial charge is 0.322 e. The number of anilines is 1. The van der Waals surface area contributed by atoms with Crippen molar-refractivity contribution >= 4 is 11.6 Å². The van der Waals surface area contributed by atoms with E-state index in [4.69, 9.17) is 6.42 Å². The highest BCUT2D eigenvalue weighted by Crippen LogP contribution is 2.14. The molecule has 0 bridgehead atoms. The minimum atomic E-state index is -0.298. The molecule has 0 saturated heterocycles. The number of amides is 1. The quantitative estimate of drug-likeness (QED) is 0.747. The second-order valence-corrected chi connectivity index (χ2v) is 4.39. The minimum absolute atomic E-state index is 0.298. The Labute approximate surface area is 126 Å². The molecule has 0 unspecified atom stereocenters. The molecule has 0 spiro atoms. The molecule has 0 aliphatic carbocycles. The fourth-order valence-corrected chi connectivity index (χ4v) is 1.96. The van der Waals surface area contributed by atoms with E-state index in [-0.39, 0.29) is 5.91 Å². The second-order valence-electron chi connectivity index (χ2n) is 4.39. The third-order valence-electron chi connectivity index (χ3n) is 2.95. The summed E-state index contributed by atoms with van der Waals surface area (Å²) in [5.74, 6) is 2.64. The number of carbonyl (C=O) groups is 1. The summed E-state index contributed by atoms with van der Waals surface area (Å²) in [4.78, 5) is 20.5. The fraction of sp³-hybridized carbons (Fsp3) is 0. The number of hydrogen-bond acceptors (Lipinski definition) is 4. The van der Waals surface area contributed by atoms with Crippen LogP contribution in [0.5, 0.6) is 0 Å². The Bertz CT molecular complexity index is 849. The second kappa shape index (κ2) is 5.89. The van der Waals surface area contributed by atoms with E-state index in [2.05, 4.69) is 26.3 Å². The zero-order valence-corrected chi connectivity index (χ0v) is 11.5. The first kappa shape index (κ1) is 13.5. The van der Waals surface area contributed by atoms with Crippen molar-refractivity contribution in [2.24, 2.45) is 0 Å². The van der Waals surface area contributed by atoms with Crippen molar-refractivity contribution in [3.05, 3.63) is 66.4 Å². The van der Waals surface area contributed by atoms with E-state index in [0.29, 0.717) is 22.6 Å². The lowest BCUT2D eigenvalue weighted by Crippen LogP contribution is -2.16. The van der Waals surface area contributed by atoms with Crippen molar-refractivity contribution < 1.29 is 4.79 Å². The Morgan fingerprint density at radius 3 is 2.95 bits per heavy atom. The highest BCUT2D eigenvalue weighted by molar-refractivity contribution is 6.06. The summed E-state index contributed by atoms with van der Waals surface area (Å²) in [6.45, 7) is 0. The Morgan fingerprint density at radius 1 is 1.27 bits per heavy atom. The van der Waals surface area contributed by atoms with Crippen molar-refractivity contribution in [1.29, 1.82) is 0 Å². The first-order chi connectivity index (χ1) is 10.8. The molecule has 2 aromatic heterocycles. The normalized spacial score (nSPS) is 9.95.